The summed E-state index contributed by atoms with van der Waals surface area (Å²) in [5.74, 6) is 1.25. The summed E-state index contributed by atoms with van der Waals surface area (Å²) in [7, 11) is 2.00. The molecular weight excluding hydrogens is 255 g/mol. The Bertz CT molecular complexity index is 507. The van der Waals surface area contributed by atoms with Gasteiger partial charge in [-0.05, 0) is 51.3 Å². The van der Waals surface area contributed by atoms with E-state index in [1.165, 1.54) is 19.2 Å². The summed E-state index contributed by atoms with van der Waals surface area (Å²) in [6, 6.07) is 0.399. The molecule has 0 saturated heterocycles. The van der Waals surface area contributed by atoms with Crippen molar-refractivity contribution < 1.29 is 4.39 Å². The predicted molar refractivity (Wildman–Crippen MR) is 78.1 cm³/mol. The zero-order valence-corrected chi connectivity index (χ0v) is 11.8. The average Bonchev–Trinajstić information content (AvgIpc) is 2.84. The van der Waals surface area contributed by atoms with Gasteiger partial charge in [0.05, 0.1) is 11.3 Å². The van der Waals surface area contributed by atoms with Crippen LogP contribution < -0.4 is 10.6 Å². The van der Waals surface area contributed by atoms with Crippen molar-refractivity contribution in [3.05, 3.63) is 23.7 Å². The van der Waals surface area contributed by atoms with Gasteiger partial charge in [0.25, 0.3) is 0 Å². The highest BCUT2D eigenvalue weighted by molar-refractivity contribution is 5.75. The second-order valence-corrected chi connectivity index (χ2v) is 5.72. The van der Waals surface area contributed by atoms with E-state index in [0.29, 0.717) is 23.8 Å². The van der Waals surface area contributed by atoms with Crippen LogP contribution in [0.2, 0.25) is 0 Å². The fourth-order valence-electron chi connectivity index (χ4n) is 3.22. The van der Waals surface area contributed by atoms with Crippen LogP contribution >= 0.6 is 0 Å². The Labute approximate surface area is 118 Å². The molecule has 1 aromatic heterocycles. The number of halogens is 1. The molecule has 5 heteroatoms. The Hall–Kier alpha value is -1.49. The van der Waals surface area contributed by atoms with Gasteiger partial charge in [0.15, 0.2) is 0 Å². The molecule has 0 radical (unpaired) electrons. The minimum absolute atomic E-state index is 0.188. The molecule has 0 aromatic carbocycles. The molecule has 2 N–H and O–H groups in total. The number of allylic oxidation sites excluding steroid dienone is 1. The van der Waals surface area contributed by atoms with Gasteiger partial charge >= 0.3 is 0 Å². The molecule has 1 aromatic rings. The molecule has 108 valence electrons. The molecule has 0 amide bonds. The van der Waals surface area contributed by atoms with Crippen LogP contribution in [0.25, 0.3) is 5.83 Å². The predicted octanol–water partition coefficient (Wildman–Crippen LogP) is 2.53. The van der Waals surface area contributed by atoms with Crippen molar-refractivity contribution in [1.29, 1.82) is 0 Å². The van der Waals surface area contributed by atoms with Crippen LogP contribution in [0.4, 0.5) is 10.2 Å². The van der Waals surface area contributed by atoms with Crippen LogP contribution in [-0.4, -0.2) is 29.6 Å². The molecule has 4 nitrogen and oxygen atoms in total. The molecule has 3 rings (SSSR count). The lowest BCUT2D eigenvalue weighted by Crippen LogP contribution is -2.30. The van der Waals surface area contributed by atoms with Crippen LogP contribution in [0.5, 0.6) is 0 Å². The zero-order valence-electron chi connectivity index (χ0n) is 11.8. The number of anilines is 1. The molecule has 1 saturated carbocycles. The van der Waals surface area contributed by atoms with Gasteiger partial charge in [-0.1, -0.05) is 0 Å². The third-order valence-corrected chi connectivity index (χ3v) is 4.32. The molecule has 0 atom stereocenters. The summed E-state index contributed by atoms with van der Waals surface area (Å²) in [5, 5.41) is 6.67. The van der Waals surface area contributed by atoms with Gasteiger partial charge in [0, 0.05) is 12.5 Å². The number of aromatic nitrogens is 2. The first-order valence-corrected chi connectivity index (χ1v) is 7.39. The van der Waals surface area contributed by atoms with Crippen molar-refractivity contribution in [3.63, 3.8) is 0 Å². The van der Waals surface area contributed by atoms with Crippen LogP contribution in [0.3, 0.4) is 0 Å². The highest BCUT2D eigenvalue weighted by atomic mass is 19.1. The van der Waals surface area contributed by atoms with Gasteiger partial charge in [-0.3, -0.25) is 0 Å². The zero-order chi connectivity index (χ0) is 13.9. The van der Waals surface area contributed by atoms with E-state index in [0.717, 1.165) is 31.0 Å². The number of rotatable bonds is 4. The van der Waals surface area contributed by atoms with E-state index in [2.05, 4.69) is 20.6 Å². The van der Waals surface area contributed by atoms with Crippen molar-refractivity contribution in [2.75, 3.05) is 18.9 Å². The second-order valence-electron chi connectivity index (χ2n) is 5.72. The smallest absolute Gasteiger partial charge is 0.140 e. The van der Waals surface area contributed by atoms with E-state index in [1.54, 1.807) is 6.08 Å². The third kappa shape index (κ3) is 2.68. The highest BCUT2D eigenvalue weighted by Crippen LogP contribution is 2.33. The quantitative estimate of drug-likeness (QED) is 0.887. The molecule has 1 fully saturated rings. The molecule has 2 aliphatic carbocycles. The average molecular weight is 276 g/mol. The number of fused-ring (bicyclic) bond motifs is 1. The van der Waals surface area contributed by atoms with Gasteiger partial charge in [-0.25, -0.2) is 14.4 Å². The van der Waals surface area contributed by atoms with Gasteiger partial charge in [-0.15, -0.1) is 0 Å². The summed E-state index contributed by atoms with van der Waals surface area (Å²) < 4.78 is 13.8. The summed E-state index contributed by atoms with van der Waals surface area (Å²) in [6.07, 6.45) is 8.35. The Kier molecular flexibility index (Phi) is 3.96. The van der Waals surface area contributed by atoms with E-state index in [-0.39, 0.29) is 5.83 Å². The molecule has 0 bridgehead atoms. The number of nitrogens with one attached hydrogen (secondary N) is 2. The summed E-state index contributed by atoms with van der Waals surface area (Å²) in [5.41, 5.74) is 1.37. The standard InChI is InChI=1S/C15H21FN4/c1-17-8-10-2-4-11(5-3-10)20-15-14-12(16)6-7-13(14)18-9-19-15/h6,9-11,17H,2-5,7-8H2,1H3,(H,18,19,20). The maximum atomic E-state index is 13.8. The normalized spacial score (nSPS) is 25.2. The van der Waals surface area contributed by atoms with Gasteiger partial charge in [0.1, 0.15) is 18.0 Å². The molecule has 0 spiro atoms. The first kappa shape index (κ1) is 13.5. The highest BCUT2D eigenvalue weighted by Gasteiger charge is 2.25. The summed E-state index contributed by atoms with van der Waals surface area (Å²) >= 11 is 0. The Morgan fingerprint density at radius 2 is 2.05 bits per heavy atom. The first-order valence-electron chi connectivity index (χ1n) is 7.39. The minimum Gasteiger partial charge on any atom is -0.367 e. The molecule has 20 heavy (non-hydrogen) atoms. The van der Waals surface area contributed by atoms with E-state index < -0.39 is 0 Å². The van der Waals surface area contributed by atoms with Crippen LogP contribution in [0.15, 0.2) is 12.4 Å². The molecule has 1 heterocycles. The monoisotopic (exact) mass is 276 g/mol. The molecule has 0 aliphatic heterocycles. The first-order chi connectivity index (χ1) is 9.78. The van der Waals surface area contributed by atoms with Crippen molar-refractivity contribution >= 4 is 11.6 Å². The number of nitrogens with zero attached hydrogens (tertiary/aromatic N) is 2. The summed E-state index contributed by atoms with van der Waals surface area (Å²) in [4.78, 5) is 8.38. The maximum absolute atomic E-state index is 13.8. The van der Waals surface area contributed by atoms with E-state index >= 15 is 0 Å². The molecule has 2 aliphatic rings. The van der Waals surface area contributed by atoms with Crippen LogP contribution in [-0.2, 0) is 6.42 Å². The largest absolute Gasteiger partial charge is 0.367 e. The van der Waals surface area contributed by atoms with Crippen LogP contribution in [0.1, 0.15) is 36.9 Å². The van der Waals surface area contributed by atoms with Gasteiger partial charge in [0.2, 0.25) is 0 Å². The van der Waals surface area contributed by atoms with Gasteiger partial charge in [-0.2, -0.15) is 0 Å². The Balaban J connectivity index is 1.65. The molecular formula is C15H21FN4. The SMILES string of the molecule is CNCC1CCC(Nc2ncnc3c2C(F)=CC3)CC1. The lowest BCUT2D eigenvalue weighted by atomic mass is 9.86. The van der Waals surface area contributed by atoms with Crippen molar-refractivity contribution in [3.8, 4) is 0 Å². The van der Waals surface area contributed by atoms with Crippen molar-refractivity contribution in [1.82, 2.24) is 15.3 Å². The molecule has 0 unspecified atom stereocenters. The fourth-order valence-corrected chi connectivity index (χ4v) is 3.22. The van der Waals surface area contributed by atoms with E-state index in [9.17, 15) is 4.39 Å². The Morgan fingerprint density at radius 3 is 2.80 bits per heavy atom. The fraction of sp³-hybridized carbons (Fsp3) is 0.600. The second kappa shape index (κ2) is 5.87. The van der Waals surface area contributed by atoms with Crippen LogP contribution in [0, 0.1) is 5.92 Å². The van der Waals surface area contributed by atoms with Gasteiger partial charge < -0.3 is 10.6 Å². The lowest BCUT2D eigenvalue weighted by molar-refractivity contribution is 0.330. The number of hydrogen-bond donors (Lipinski definition) is 2. The van der Waals surface area contributed by atoms with E-state index in [1.807, 2.05) is 7.05 Å². The maximum Gasteiger partial charge on any atom is 0.140 e. The lowest BCUT2D eigenvalue weighted by Gasteiger charge is -2.29. The third-order valence-electron chi connectivity index (χ3n) is 4.32. The van der Waals surface area contributed by atoms with Crippen molar-refractivity contribution in [2.45, 2.75) is 38.1 Å². The number of hydrogen-bond acceptors (Lipinski definition) is 4. The van der Waals surface area contributed by atoms with E-state index in [4.69, 9.17) is 0 Å². The topological polar surface area (TPSA) is 49.8 Å². The van der Waals surface area contributed by atoms with Crippen molar-refractivity contribution in [2.24, 2.45) is 5.92 Å². The minimum atomic E-state index is -0.188. The summed E-state index contributed by atoms with van der Waals surface area (Å²) in [6.45, 7) is 1.09. The Morgan fingerprint density at radius 1 is 1.25 bits per heavy atom.